The molecule has 0 bridgehead atoms. The number of anilines is 1. The fourth-order valence-electron chi connectivity index (χ4n) is 3.36. The molecule has 7 nitrogen and oxygen atoms in total. The van der Waals surface area contributed by atoms with Gasteiger partial charge in [-0.25, -0.2) is 14.4 Å². The van der Waals surface area contributed by atoms with E-state index in [4.69, 9.17) is 0 Å². The third-order valence-corrected chi connectivity index (χ3v) is 5.01. The fourth-order valence-corrected chi connectivity index (χ4v) is 3.36. The molecule has 8 heteroatoms. The van der Waals surface area contributed by atoms with E-state index in [1.807, 2.05) is 18.2 Å². The van der Waals surface area contributed by atoms with Crippen molar-refractivity contribution in [3.63, 3.8) is 0 Å². The maximum atomic E-state index is 13.8. The summed E-state index contributed by atoms with van der Waals surface area (Å²) in [5, 5.41) is 6.75. The molecule has 3 heterocycles. The van der Waals surface area contributed by atoms with E-state index in [0.29, 0.717) is 41.3 Å². The van der Waals surface area contributed by atoms with Crippen LogP contribution in [-0.2, 0) is 6.42 Å². The van der Waals surface area contributed by atoms with Crippen LogP contribution in [0.15, 0.2) is 55.1 Å². The lowest BCUT2D eigenvalue weighted by Crippen LogP contribution is -2.18. The van der Waals surface area contributed by atoms with E-state index in [1.54, 1.807) is 38.5 Å². The van der Waals surface area contributed by atoms with Gasteiger partial charge in [-0.05, 0) is 31.0 Å². The number of carbonyl (C=O) groups excluding carboxylic acids is 1. The van der Waals surface area contributed by atoms with Gasteiger partial charge in [0.05, 0.1) is 22.5 Å². The highest BCUT2D eigenvalue weighted by Crippen LogP contribution is 2.22. The number of hydrogen-bond acceptors (Lipinski definition) is 6. The minimum atomic E-state index is -0.370. The van der Waals surface area contributed by atoms with Gasteiger partial charge in [-0.3, -0.25) is 14.8 Å². The van der Waals surface area contributed by atoms with Crippen LogP contribution in [0.3, 0.4) is 0 Å². The minimum absolute atomic E-state index is 0.141. The molecule has 0 saturated carbocycles. The molecular weight excluding hydrogens is 395 g/mol. The van der Waals surface area contributed by atoms with Crippen LogP contribution in [0.5, 0.6) is 0 Å². The normalized spacial score (nSPS) is 10.8. The van der Waals surface area contributed by atoms with Crippen LogP contribution in [0.1, 0.15) is 21.6 Å². The van der Waals surface area contributed by atoms with Crippen molar-refractivity contribution in [2.45, 2.75) is 13.3 Å². The third-order valence-electron chi connectivity index (χ3n) is 5.01. The Bertz CT molecular complexity index is 1260. The van der Waals surface area contributed by atoms with E-state index in [2.05, 4.69) is 30.6 Å². The Kier molecular flexibility index (Phi) is 5.79. The molecule has 3 aromatic heterocycles. The zero-order valence-corrected chi connectivity index (χ0v) is 17.2. The highest BCUT2D eigenvalue weighted by molar-refractivity contribution is 6.06. The van der Waals surface area contributed by atoms with Crippen LogP contribution < -0.4 is 10.6 Å². The summed E-state index contributed by atoms with van der Waals surface area (Å²) < 4.78 is 13.8. The Balaban J connectivity index is 1.50. The highest BCUT2D eigenvalue weighted by Gasteiger charge is 2.11. The number of benzene rings is 1. The molecule has 4 rings (SSSR count). The van der Waals surface area contributed by atoms with E-state index in [0.717, 1.165) is 16.5 Å². The zero-order valence-electron chi connectivity index (χ0n) is 17.2. The number of hydrogen-bond donors (Lipinski definition) is 2. The number of para-hydroxylation sites is 1. The lowest BCUT2D eigenvalue weighted by Gasteiger charge is -2.10. The summed E-state index contributed by atoms with van der Waals surface area (Å²) in [4.78, 5) is 29.1. The van der Waals surface area contributed by atoms with Crippen LogP contribution in [0.2, 0.25) is 0 Å². The third kappa shape index (κ3) is 4.32. The van der Waals surface area contributed by atoms with Crippen molar-refractivity contribution in [1.29, 1.82) is 0 Å². The maximum Gasteiger partial charge on any atom is 0.251 e. The monoisotopic (exact) mass is 416 g/mol. The Morgan fingerprint density at radius 3 is 2.77 bits per heavy atom. The predicted molar refractivity (Wildman–Crippen MR) is 117 cm³/mol. The van der Waals surface area contributed by atoms with Crippen LogP contribution in [-0.4, -0.2) is 39.4 Å². The Labute approximate surface area is 178 Å². The zero-order chi connectivity index (χ0) is 21.8. The van der Waals surface area contributed by atoms with Gasteiger partial charge in [-0.1, -0.05) is 18.2 Å². The number of halogens is 1. The van der Waals surface area contributed by atoms with E-state index in [9.17, 15) is 9.18 Å². The van der Waals surface area contributed by atoms with Gasteiger partial charge in [0.25, 0.3) is 5.91 Å². The smallest absolute Gasteiger partial charge is 0.251 e. The second-order valence-electron chi connectivity index (χ2n) is 7.01. The van der Waals surface area contributed by atoms with Crippen molar-refractivity contribution in [3.05, 3.63) is 77.8 Å². The summed E-state index contributed by atoms with van der Waals surface area (Å²) in [6, 6.07) is 10.7. The van der Waals surface area contributed by atoms with Gasteiger partial charge < -0.3 is 10.6 Å². The van der Waals surface area contributed by atoms with E-state index < -0.39 is 0 Å². The SMILES string of the molecule is CNC(=O)c1ccnc2c(CCNc3cc(-c4cnc(C)c(F)c4)ncn3)cccc12. The van der Waals surface area contributed by atoms with Gasteiger partial charge in [-0.15, -0.1) is 0 Å². The molecule has 0 fully saturated rings. The molecule has 0 aliphatic heterocycles. The fraction of sp³-hybridized carbons (Fsp3) is 0.174. The lowest BCUT2D eigenvalue weighted by atomic mass is 10.0. The van der Waals surface area contributed by atoms with Gasteiger partial charge in [0, 0.05) is 43.0 Å². The van der Waals surface area contributed by atoms with Crippen molar-refractivity contribution in [2.75, 3.05) is 18.9 Å². The molecule has 1 aromatic carbocycles. The Morgan fingerprint density at radius 2 is 1.97 bits per heavy atom. The first kappa shape index (κ1) is 20.3. The summed E-state index contributed by atoms with van der Waals surface area (Å²) in [5.74, 6) is 0.119. The largest absolute Gasteiger partial charge is 0.370 e. The average molecular weight is 416 g/mol. The van der Waals surface area contributed by atoms with Gasteiger partial charge in [-0.2, -0.15) is 0 Å². The highest BCUT2D eigenvalue weighted by atomic mass is 19.1. The molecule has 2 N–H and O–H groups in total. The molecule has 1 amide bonds. The maximum absolute atomic E-state index is 13.8. The molecule has 4 aromatic rings. The van der Waals surface area contributed by atoms with Crippen molar-refractivity contribution < 1.29 is 9.18 Å². The molecule has 0 saturated heterocycles. The Hall–Kier alpha value is -3.94. The van der Waals surface area contributed by atoms with Gasteiger partial charge >= 0.3 is 0 Å². The standard InChI is InChI=1S/C23H21FN6O/c1-14-19(24)10-16(12-28-14)20-11-21(30-13-29-20)26-8-6-15-4-3-5-17-18(23(31)25-2)7-9-27-22(15)17/h3-5,7,9-13H,6,8H2,1-2H3,(H,25,31)(H,26,29,30). The number of nitrogens with one attached hydrogen (secondary N) is 2. The molecule has 156 valence electrons. The lowest BCUT2D eigenvalue weighted by molar-refractivity contribution is 0.0964. The first-order valence-electron chi connectivity index (χ1n) is 9.84. The number of rotatable bonds is 6. The van der Waals surface area contributed by atoms with Crippen LogP contribution in [0.25, 0.3) is 22.2 Å². The van der Waals surface area contributed by atoms with Crippen LogP contribution in [0.4, 0.5) is 10.2 Å². The number of carbonyl (C=O) groups is 1. The molecule has 0 aliphatic rings. The number of pyridine rings is 2. The number of aryl methyl sites for hydroxylation is 1. The van der Waals surface area contributed by atoms with E-state index in [1.165, 1.54) is 12.4 Å². The Morgan fingerprint density at radius 1 is 1.10 bits per heavy atom. The number of nitrogens with zero attached hydrogens (tertiary/aromatic N) is 4. The molecule has 0 spiro atoms. The molecule has 0 unspecified atom stereocenters. The average Bonchev–Trinajstić information content (AvgIpc) is 2.80. The number of fused-ring (bicyclic) bond motifs is 1. The summed E-state index contributed by atoms with van der Waals surface area (Å²) in [5.41, 5.74) is 3.95. The first-order valence-corrected chi connectivity index (χ1v) is 9.84. The molecular formula is C23H21FN6O. The van der Waals surface area contributed by atoms with Crippen molar-refractivity contribution in [3.8, 4) is 11.3 Å². The second-order valence-corrected chi connectivity index (χ2v) is 7.01. The predicted octanol–water partition coefficient (Wildman–Crippen LogP) is 3.55. The minimum Gasteiger partial charge on any atom is -0.370 e. The second kappa shape index (κ2) is 8.83. The number of aromatic nitrogens is 4. The van der Waals surface area contributed by atoms with E-state index in [-0.39, 0.29) is 11.7 Å². The van der Waals surface area contributed by atoms with Gasteiger partial charge in [0.2, 0.25) is 0 Å². The summed E-state index contributed by atoms with van der Waals surface area (Å²) in [7, 11) is 1.61. The molecule has 0 atom stereocenters. The first-order chi connectivity index (χ1) is 15.1. The van der Waals surface area contributed by atoms with Gasteiger partial charge in [0.1, 0.15) is 18.0 Å². The van der Waals surface area contributed by atoms with Crippen molar-refractivity contribution in [1.82, 2.24) is 25.3 Å². The summed E-state index contributed by atoms with van der Waals surface area (Å²) in [6.45, 7) is 2.22. The summed E-state index contributed by atoms with van der Waals surface area (Å²) >= 11 is 0. The van der Waals surface area contributed by atoms with Gasteiger partial charge in [0.15, 0.2) is 0 Å². The van der Waals surface area contributed by atoms with Crippen molar-refractivity contribution in [2.24, 2.45) is 0 Å². The van der Waals surface area contributed by atoms with Crippen LogP contribution in [0, 0.1) is 12.7 Å². The quantitative estimate of drug-likeness (QED) is 0.499. The molecule has 0 aliphatic carbocycles. The van der Waals surface area contributed by atoms with Crippen LogP contribution >= 0.6 is 0 Å². The van der Waals surface area contributed by atoms with E-state index >= 15 is 0 Å². The molecule has 0 radical (unpaired) electrons. The van der Waals surface area contributed by atoms with Crippen molar-refractivity contribution >= 4 is 22.6 Å². The molecule has 31 heavy (non-hydrogen) atoms. The topological polar surface area (TPSA) is 92.7 Å². The number of amides is 1. The summed E-state index contributed by atoms with van der Waals surface area (Å²) in [6.07, 6.45) is 5.36.